The van der Waals surface area contributed by atoms with Gasteiger partial charge in [0.15, 0.2) is 5.69 Å². The predicted octanol–water partition coefficient (Wildman–Crippen LogP) is 3.87. The molecule has 0 aliphatic heterocycles. The van der Waals surface area contributed by atoms with Gasteiger partial charge < -0.3 is 4.52 Å². The standard InChI is InChI=1S/C12H18N2O3/c1-3-4-5-6-7-8-9-11-12(14(15)16)10(2)13-17-11/h8-9H,3-7H2,1-2H3. The molecule has 0 saturated heterocycles. The molecule has 0 radical (unpaired) electrons. The molecule has 0 atom stereocenters. The number of aryl methyl sites for hydroxylation is 1. The Bertz CT molecular complexity index is 396. The molecule has 1 aromatic heterocycles. The quantitative estimate of drug-likeness (QED) is 0.410. The van der Waals surface area contributed by atoms with E-state index < -0.39 is 4.92 Å². The maximum absolute atomic E-state index is 10.7. The van der Waals surface area contributed by atoms with Crippen molar-refractivity contribution < 1.29 is 9.45 Å². The van der Waals surface area contributed by atoms with E-state index in [1.54, 1.807) is 13.0 Å². The maximum Gasteiger partial charge on any atom is 0.338 e. The van der Waals surface area contributed by atoms with E-state index in [9.17, 15) is 10.1 Å². The summed E-state index contributed by atoms with van der Waals surface area (Å²) < 4.78 is 4.91. The Labute approximate surface area is 101 Å². The molecule has 0 saturated carbocycles. The first-order chi connectivity index (χ1) is 8.16. The van der Waals surface area contributed by atoms with Crippen molar-refractivity contribution in [2.45, 2.75) is 46.0 Å². The van der Waals surface area contributed by atoms with Gasteiger partial charge in [-0.1, -0.05) is 37.4 Å². The highest BCUT2D eigenvalue weighted by Gasteiger charge is 2.21. The molecule has 94 valence electrons. The van der Waals surface area contributed by atoms with E-state index >= 15 is 0 Å². The zero-order valence-electron chi connectivity index (χ0n) is 10.3. The van der Waals surface area contributed by atoms with Crippen LogP contribution in [0.2, 0.25) is 0 Å². The van der Waals surface area contributed by atoms with Crippen molar-refractivity contribution in [3.05, 3.63) is 27.6 Å². The average Bonchev–Trinajstić information content (AvgIpc) is 2.65. The van der Waals surface area contributed by atoms with Crippen LogP contribution in [-0.2, 0) is 0 Å². The largest absolute Gasteiger partial charge is 0.349 e. The highest BCUT2D eigenvalue weighted by Crippen LogP contribution is 2.23. The molecule has 0 aliphatic carbocycles. The summed E-state index contributed by atoms with van der Waals surface area (Å²) in [6, 6.07) is 0. The molecule has 1 rings (SSSR count). The van der Waals surface area contributed by atoms with Gasteiger partial charge in [-0.15, -0.1) is 0 Å². The van der Waals surface area contributed by atoms with E-state index in [2.05, 4.69) is 12.1 Å². The second kappa shape index (κ2) is 6.83. The summed E-state index contributed by atoms with van der Waals surface area (Å²) >= 11 is 0. The van der Waals surface area contributed by atoms with Gasteiger partial charge in [0.1, 0.15) is 0 Å². The fourth-order valence-corrected chi connectivity index (χ4v) is 1.59. The van der Waals surface area contributed by atoms with Crippen molar-refractivity contribution in [2.24, 2.45) is 0 Å². The zero-order valence-corrected chi connectivity index (χ0v) is 10.3. The highest BCUT2D eigenvalue weighted by molar-refractivity contribution is 5.56. The van der Waals surface area contributed by atoms with Crippen LogP contribution in [0.25, 0.3) is 6.08 Å². The van der Waals surface area contributed by atoms with Crippen LogP contribution in [0, 0.1) is 17.0 Å². The normalized spacial score (nSPS) is 11.2. The molecule has 0 bridgehead atoms. The lowest BCUT2D eigenvalue weighted by Gasteiger charge is -1.93. The first-order valence-corrected chi connectivity index (χ1v) is 5.94. The maximum atomic E-state index is 10.7. The number of hydrogen-bond acceptors (Lipinski definition) is 4. The van der Waals surface area contributed by atoms with Crippen molar-refractivity contribution in [3.63, 3.8) is 0 Å². The zero-order chi connectivity index (χ0) is 12.7. The SMILES string of the molecule is CCCCCCC=Cc1onc(C)c1[N+](=O)[O-]. The summed E-state index contributed by atoms with van der Waals surface area (Å²) in [5.41, 5.74) is 0.287. The van der Waals surface area contributed by atoms with Gasteiger partial charge in [-0.05, 0) is 25.8 Å². The molecule has 0 spiro atoms. The number of rotatable bonds is 7. The Balaban J connectivity index is 2.51. The van der Waals surface area contributed by atoms with Crippen molar-refractivity contribution >= 4 is 11.8 Å². The summed E-state index contributed by atoms with van der Waals surface area (Å²) in [6.45, 7) is 3.73. The number of nitrogens with zero attached hydrogens (tertiary/aromatic N) is 2. The Morgan fingerprint density at radius 2 is 2.18 bits per heavy atom. The van der Waals surface area contributed by atoms with Gasteiger partial charge in [0.25, 0.3) is 0 Å². The van der Waals surface area contributed by atoms with Gasteiger partial charge in [0, 0.05) is 0 Å². The Morgan fingerprint density at radius 3 is 2.82 bits per heavy atom. The molecule has 0 fully saturated rings. The van der Waals surface area contributed by atoms with Crippen molar-refractivity contribution in [2.75, 3.05) is 0 Å². The molecule has 0 aliphatic rings. The molecule has 0 amide bonds. The number of unbranched alkanes of at least 4 members (excludes halogenated alkanes) is 4. The van der Waals surface area contributed by atoms with Gasteiger partial charge in [-0.3, -0.25) is 10.1 Å². The van der Waals surface area contributed by atoms with Gasteiger partial charge in [0.2, 0.25) is 5.76 Å². The van der Waals surface area contributed by atoms with E-state index in [4.69, 9.17) is 4.52 Å². The van der Waals surface area contributed by atoms with Gasteiger partial charge in [-0.25, -0.2) is 0 Å². The third kappa shape index (κ3) is 4.01. The Kier molecular flexibility index (Phi) is 5.39. The fraction of sp³-hybridized carbons (Fsp3) is 0.583. The minimum absolute atomic E-state index is 0.0326. The van der Waals surface area contributed by atoms with Crippen LogP contribution in [0.4, 0.5) is 5.69 Å². The summed E-state index contributed by atoms with van der Waals surface area (Å²) in [6.07, 6.45) is 9.19. The van der Waals surface area contributed by atoms with Crippen LogP contribution in [0.1, 0.15) is 50.5 Å². The first-order valence-electron chi connectivity index (χ1n) is 5.94. The monoisotopic (exact) mass is 238 g/mol. The third-order valence-corrected chi connectivity index (χ3v) is 2.53. The molecular formula is C12H18N2O3. The molecule has 17 heavy (non-hydrogen) atoms. The van der Waals surface area contributed by atoms with Gasteiger partial charge in [-0.2, -0.15) is 0 Å². The highest BCUT2D eigenvalue weighted by atomic mass is 16.6. The van der Waals surface area contributed by atoms with Crippen molar-refractivity contribution in [3.8, 4) is 0 Å². The van der Waals surface area contributed by atoms with Gasteiger partial charge in [0.05, 0.1) is 4.92 Å². The summed E-state index contributed by atoms with van der Waals surface area (Å²) in [7, 11) is 0. The van der Waals surface area contributed by atoms with Crippen LogP contribution in [-0.4, -0.2) is 10.1 Å². The van der Waals surface area contributed by atoms with E-state index in [-0.39, 0.29) is 11.4 Å². The van der Waals surface area contributed by atoms with Crippen molar-refractivity contribution in [1.29, 1.82) is 0 Å². The minimum Gasteiger partial charge on any atom is -0.349 e. The van der Waals surface area contributed by atoms with Gasteiger partial charge >= 0.3 is 5.69 Å². The fourth-order valence-electron chi connectivity index (χ4n) is 1.59. The molecule has 0 unspecified atom stereocenters. The Hall–Kier alpha value is -1.65. The second-order valence-electron chi connectivity index (χ2n) is 3.99. The molecule has 1 aromatic rings. The molecule has 5 heteroatoms. The number of allylic oxidation sites excluding steroid dienone is 1. The molecule has 0 N–H and O–H groups in total. The molecule has 1 heterocycles. The first kappa shape index (κ1) is 13.4. The summed E-state index contributed by atoms with van der Waals surface area (Å²) in [5, 5.41) is 14.3. The number of aromatic nitrogens is 1. The topological polar surface area (TPSA) is 69.2 Å². The predicted molar refractivity (Wildman–Crippen MR) is 65.7 cm³/mol. The second-order valence-corrected chi connectivity index (χ2v) is 3.99. The van der Waals surface area contributed by atoms with Crippen LogP contribution in [0.15, 0.2) is 10.6 Å². The van der Waals surface area contributed by atoms with E-state index in [0.29, 0.717) is 5.69 Å². The molecule has 5 nitrogen and oxygen atoms in total. The number of nitro groups is 1. The van der Waals surface area contributed by atoms with E-state index in [1.165, 1.54) is 19.3 Å². The lowest BCUT2D eigenvalue weighted by atomic mass is 10.1. The summed E-state index contributed by atoms with van der Waals surface area (Å²) in [5.74, 6) is 0.239. The molecule has 0 aromatic carbocycles. The third-order valence-electron chi connectivity index (χ3n) is 2.53. The van der Waals surface area contributed by atoms with Crippen LogP contribution in [0.3, 0.4) is 0 Å². The number of hydrogen-bond donors (Lipinski definition) is 0. The van der Waals surface area contributed by atoms with Crippen LogP contribution >= 0.6 is 0 Å². The van der Waals surface area contributed by atoms with Crippen LogP contribution < -0.4 is 0 Å². The smallest absolute Gasteiger partial charge is 0.338 e. The lowest BCUT2D eigenvalue weighted by Crippen LogP contribution is -1.90. The van der Waals surface area contributed by atoms with E-state index in [0.717, 1.165) is 12.8 Å². The molecular weight excluding hydrogens is 220 g/mol. The average molecular weight is 238 g/mol. The minimum atomic E-state index is -0.456. The van der Waals surface area contributed by atoms with Crippen LogP contribution in [0.5, 0.6) is 0 Å². The Morgan fingerprint density at radius 1 is 1.41 bits per heavy atom. The lowest BCUT2D eigenvalue weighted by molar-refractivity contribution is -0.386. The summed E-state index contributed by atoms with van der Waals surface area (Å²) in [4.78, 5) is 10.3. The van der Waals surface area contributed by atoms with Crippen molar-refractivity contribution in [1.82, 2.24) is 5.16 Å². The van der Waals surface area contributed by atoms with E-state index in [1.807, 2.05) is 6.08 Å².